The van der Waals surface area contributed by atoms with E-state index in [-0.39, 0.29) is 0 Å². The van der Waals surface area contributed by atoms with Crippen molar-refractivity contribution in [3.63, 3.8) is 0 Å². The van der Waals surface area contributed by atoms with Crippen LogP contribution >= 0.6 is 0 Å². The van der Waals surface area contributed by atoms with Crippen LogP contribution in [0.2, 0.25) is 0 Å². The molecule has 1 fully saturated rings. The number of nitrogens with zero attached hydrogens (tertiary/aromatic N) is 3. The molecule has 5 nitrogen and oxygen atoms in total. The lowest BCUT2D eigenvalue weighted by atomic mass is 9.80. The second-order valence-corrected chi connectivity index (χ2v) is 4.72. The average Bonchev–Trinajstić information content (AvgIpc) is 2.74. The lowest BCUT2D eigenvalue weighted by Crippen LogP contribution is -2.44. The highest BCUT2D eigenvalue weighted by Gasteiger charge is 2.32. The van der Waals surface area contributed by atoms with Crippen LogP contribution in [0.4, 0.5) is 5.82 Å². The molecule has 17 heavy (non-hydrogen) atoms. The summed E-state index contributed by atoms with van der Waals surface area (Å²) < 4.78 is 0. The van der Waals surface area contributed by atoms with Crippen molar-refractivity contribution in [1.82, 2.24) is 15.0 Å². The predicted octanol–water partition coefficient (Wildman–Crippen LogP) is 1.17. The van der Waals surface area contributed by atoms with Gasteiger partial charge in [-0.25, -0.2) is 9.97 Å². The third kappa shape index (κ3) is 1.67. The number of aliphatic hydroxyl groups excluding tert-OH is 1. The molecule has 0 radical (unpaired) electrons. The van der Waals surface area contributed by atoms with E-state index in [9.17, 15) is 0 Å². The Morgan fingerprint density at radius 3 is 3.06 bits per heavy atom. The van der Waals surface area contributed by atoms with Crippen LogP contribution in [0, 0.1) is 5.92 Å². The second kappa shape index (κ2) is 4.00. The Hall–Kier alpha value is -1.62. The lowest BCUT2D eigenvalue weighted by Gasteiger charge is -2.41. The van der Waals surface area contributed by atoms with E-state index in [0.717, 1.165) is 29.7 Å². The van der Waals surface area contributed by atoms with Crippen molar-refractivity contribution in [2.75, 3.05) is 18.6 Å². The quantitative estimate of drug-likeness (QED) is 0.833. The molecule has 90 valence electrons. The van der Waals surface area contributed by atoms with Crippen molar-refractivity contribution in [2.45, 2.75) is 18.9 Å². The third-order valence-electron chi connectivity index (χ3n) is 3.68. The summed E-state index contributed by atoms with van der Waals surface area (Å²) in [5.41, 5.74) is 0.875. The first kappa shape index (κ1) is 10.5. The summed E-state index contributed by atoms with van der Waals surface area (Å²) in [6.45, 7) is 0.299. The largest absolute Gasteiger partial charge is 0.396 e. The molecule has 0 saturated heterocycles. The number of aliphatic hydroxyl groups is 1. The molecule has 1 aliphatic rings. The van der Waals surface area contributed by atoms with Gasteiger partial charge in [0.2, 0.25) is 0 Å². The number of nitrogens with one attached hydrogen (secondary N) is 1. The number of fused-ring (bicyclic) bond motifs is 1. The number of aromatic amines is 1. The molecule has 5 heteroatoms. The van der Waals surface area contributed by atoms with E-state index in [1.54, 1.807) is 6.33 Å². The molecule has 0 bridgehead atoms. The molecule has 1 saturated carbocycles. The molecule has 2 aromatic rings. The van der Waals surface area contributed by atoms with Crippen LogP contribution in [0.25, 0.3) is 11.0 Å². The number of anilines is 1. The van der Waals surface area contributed by atoms with Crippen molar-refractivity contribution in [3.8, 4) is 0 Å². The second-order valence-electron chi connectivity index (χ2n) is 4.72. The van der Waals surface area contributed by atoms with Crippen LogP contribution in [-0.2, 0) is 0 Å². The number of H-pyrrole nitrogens is 1. The fraction of sp³-hybridized carbons (Fsp3) is 0.500. The zero-order valence-corrected chi connectivity index (χ0v) is 9.80. The highest BCUT2D eigenvalue weighted by atomic mass is 16.3. The zero-order chi connectivity index (χ0) is 11.8. The van der Waals surface area contributed by atoms with Crippen LogP contribution in [0.5, 0.6) is 0 Å². The van der Waals surface area contributed by atoms with Crippen molar-refractivity contribution in [1.29, 1.82) is 0 Å². The molecule has 0 aromatic carbocycles. The normalized spacial score (nSPS) is 23.6. The van der Waals surface area contributed by atoms with Gasteiger partial charge in [0.25, 0.3) is 0 Å². The van der Waals surface area contributed by atoms with Gasteiger partial charge < -0.3 is 15.0 Å². The molecule has 1 aliphatic carbocycles. The third-order valence-corrected chi connectivity index (χ3v) is 3.68. The molecular formula is C12H16N4O. The van der Waals surface area contributed by atoms with E-state index in [1.807, 2.05) is 12.3 Å². The molecular weight excluding hydrogens is 216 g/mol. The minimum absolute atomic E-state index is 0.299. The van der Waals surface area contributed by atoms with Gasteiger partial charge in [0.05, 0.1) is 5.39 Å². The molecule has 0 unspecified atom stereocenters. The fourth-order valence-corrected chi connectivity index (χ4v) is 2.48. The SMILES string of the molecule is CN(c1ncnc2[nH]ccc12)[C@H]1C[C@@H](CO)C1. The standard InChI is InChI=1S/C12H16N4O/c1-16(9-4-8(5-9)6-17)12-10-2-3-13-11(10)14-7-15-12/h2-3,7-9,17H,4-6H2,1H3,(H,13,14,15)/t8-,9+. The Morgan fingerprint density at radius 2 is 2.29 bits per heavy atom. The van der Waals surface area contributed by atoms with Gasteiger partial charge in [-0.2, -0.15) is 0 Å². The summed E-state index contributed by atoms with van der Waals surface area (Å²) in [7, 11) is 2.06. The topological polar surface area (TPSA) is 65.0 Å². The van der Waals surface area contributed by atoms with Crippen LogP contribution in [0.1, 0.15) is 12.8 Å². The summed E-state index contributed by atoms with van der Waals surface area (Å²) in [5.74, 6) is 1.43. The summed E-state index contributed by atoms with van der Waals surface area (Å²) >= 11 is 0. The van der Waals surface area contributed by atoms with E-state index >= 15 is 0 Å². The Morgan fingerprint density at radius 1 is 1.47 bits per heavy atom. The number of rotatable bonds is 3. The van der Waals surface area contributed by atoms with E-state index in [4.69, 9.17) is 5.11 Å². The Kier molecular flexibility index (Phi) is 2.48. The summed E-state index contributed by atoms with van der Waals surface area (Å²) in [4.78, 5) is 13.8. The van der Waals surface area contributed by atoms with Gasteiger partial charge in [-0.15, -0.1) is 0 Å². The van der Waals surface area contributed by atoms with Gasteiger partial charge in [-0.3, -0.25) is 0 Å². The molecule has 2 heterocycles. The summed E-state index contributed by atoms with van der Waals surface area (Å²) in [6, 6.07) is 2.49. The first-order valence-electron chi connectivity index (χ1n) is 5.91. The van der Waals surface area contributed by atoms with Gasteiger partial charge in [0.15, 0.2) is 0 Å². The molecule has 0 amide bonds. The molecule has 0 aliphatic heterocycles. The molecule has 0 spiro atoms. The Labute approximate surface area is 99.5 Å². The zero-order valence-electron chi connectivity index (χ0n) is 9.80. The summed E-state index contributed by atoms with van der Waals surface area (Å²) in [6.07, 6.45) is 5.56. The van der Waals surface area contributed by atoms with Crippen LogP contribution in [0.15, 0.2) is 18.6 Å². The van der Waals surface area contributed by atoms with Crippen LogP contribution < -0.4 is 4.90 Å². The highest BCUT2D eigenvalue weighted by Crippen LogP contribution is 2.34. The first-order chi connectivity index (χ1) is 8.29. The van der Waals surface area contributed by atoms with Crippen molar-refractivity contribution < 1.29 is 5.11 Å². The maximum Gasteiger partial charge on any atom is 0.142 e. The smallest absolute Gasteiger partial charge is 0.142 e. The van der Waals surface area contributed by atoms with Gasteiger partial charge in [0, 0.05) is 25.9 Å². The number of hydrogen-bond acceptors (Lipinski definition) is 4. The van der Waals surface area contributed by atoms with Gasteiger partial charge in [-0.05, 0) is 24.8 Å². The number of aromatic nitrogens is 3. The van der Waals surface area contributed by atoms with Gasteiger partial charge in [0.1, 0.15) is 17.8 Å². The van der Waals surface area contributed by atoms with E-state index in [2.05, 4.69) is 26.9 Å². The van der Waals surface area contributed by atoms with Gasteiger partial charge in [-0.1, -0.05) is 0 Å². The molecule has 2 N–H and O–H groups in total. The molecule has 3 rings (SSSR count). The van der Waals surface area contributed by atoms with Gasteiger partial charge >= 0.3 is 0 Å². The predicted molar refractivity (Wildman–Crippen MR) is 65.9 cm³/mol. The van der Waals surface area contributed by atoms with E-state index in [0.29, 0.717) is 18.6 Å². The Bertz CT molecular complexity index is 518. The first-order valence-corrected chi connectivity index (χ1v) is 5.91. The van der Waals surface area contributed by atoms with E-state index in [1.165, 1.54) is 0 Å². The van der Waals surface area contributed by atoms with Crippen LogP contribution in [0.3, 0.4) is 0 Å². The maximum absolute atomic E-state index is 9.05. The van der Waals surface area contributed by atoms with Crippen LogP contribution in [-0.4, -0.2) is 39.8 Å². The minimum atomic E-state index is 0.299. The van der Waals surface area contributed by atoms with Crippen molar-refractivity contribution in [3.05, 3.63) is 18.6 Å². The van der Waals surface area contributed by atoms with Crippen molar-refractivity contribution >= 4 is 16.9 Å². The fourth-order valence-electron chi connectivity index (χ4n) is 2.48. The highest BCUT2D eigenvalue weighted by molar-refractivity contribution is 5.87. The lowest BCUT2D eigenvalue weighted by molar-refractivity contribution is 0.141. The monoisotopic (exact) mass is 232 g/mol. The minimum Gasteiger partial charge on any atom is -0.396 e. The summed E-state index contributed by atoms with van der Waals surface area (Å²) in [5, 5.41) is 10.1. The van der Waals surface area contributed by atoms with E-state index < -0.39 is 0 Å². The maximum atomic E-state index is 9.05. The Balaban J connectivity index is 1.86. The van der Waals surface area contributed by atoms with Crippen molar-refractivity contribution in [2.24, 2.45) is 5.92 Å². The number of hydrogen-bond donors (Lipinski definition) is 2. The molecule has 2 aromatic heterocycles. The average molecular weight is 232 g/mol. The molecule has 0 atom stereocenters.